The number of nitrogens with one attached hydrogen (secondary N) is 2. The highest BCUT2D eigenvalue weighted by molar-refractivity contribution is 5.77. The lowest BCUT2D eigenvalue weighted by Crippen LogP contribution is -2.23. The van der Waals surface area contributed by atoms with Crippen LogP contribution in [0.1, 0.15) is 11.1 Å². The van der Waals surface area contributed by atoms with Crippen LogP contribution >= 0.6 is 0 Å². The van der Waals surface area contributed by atoms with E-state index < -0.39 is 0 Å². The number of aryl methyl sites for hydroxylation is 2. The van der Waals surface area contributed by atoms with Crippen molar-refractivity contribution in [3.05, 3.63) is 33.7 Å². The number of aromatic nitrogens is 2. The molecule has 2 rings (SSSR count). The van der Waals surface area contributed by atoms with Crippen LogP contribution in [0.3, 0.4) is 0 Å². The number of imidazole rings is 1. The molecular weight excluding hydrogens is 202 g/mol. The topological polar surface area (TPSA) is 49.8 Å². The highest BCUT2D eigenvalue weighted by Gasteiger charge is 2.07. The van der Waals surface area contributed by atoms with Crippen molar-refractivity contribution in [1.82, 2.24) is 14.9 Å². The number of fused-ring (bicyclic) bond motifs is 1. The minimum atomic E-state index is -0.0322. The number of likely N-dealkylation sites (N-methyl/N-ethyl adjacent to an activating group) is 1. The second kappa shape index (κ2) is 4.14. The molecule has 0 bridgehead atoms. The van der Waals surface area contributed by atoms with Gasteiger partial charge in [-0.05, 0) is 44.2 Å². The number of nitrogens with zero attached hydrogens (tertiary/aromatic N) is 1. The Kier molecular flexibility index (Phi) is 2.83. The van der Waals surface area contributed by atoms with Crippen LogP contribution < -0.4 is 11.0 Å². The molecule has 0 unspecified atom stereocenters. The molecule has 0 atom stereocenters. The van der Waals surface area contributed by atoms with Crippen molar-refractivity contribution in [3.8, 4) is 0 Å². The smallest absolute Gasteiger partial charge is 0.318 e. The van der Waals surface area contributed by atoms with Gasteiger partial charge in [0.1, 0.15) is 0 Å². The third-order valence-corrected chi connectivity index (χ3v) is 2.97. The van der Waals surface area contributed by atoms with Crippen molar-refractivity contribution in [3.63, 3.8) is 0 Å². The maximum absolute atomic E-state index is 11.7. The van der Waals surface area contributed by atoms with Gasteiger partial charge in [0.15, 0.2) is 0 Å². The predicted octanol–water partition coefficient (Wildman–Crippen LogP) is 1.17. The van der Waals surface area contributed by atoms with E-state index in [4.69, 9.17) is 0 Å². The van der Waals surface area contributed by atoms with Gasteiger partial charge in [-0.1, -0.05) is 0 Å². The van der Waals surface area contributed by atoms with Crippen LogP contribution in [-0.4, -0.2) is 23.1 Å². The zero-order valence-corrected chi connectivity index (χ0v) is 9.92. The number of rotatable bonds is 3. The first-order valence-electron chi connectivity index (χ1n) is 5.48. The lowest BCUT2D eigenvalue weighted by atomic mass is 10.1. The summed E-state index contributed by atoms with van der Waals surface area (Å²) in [5, 5.41) is 3.05. The van der Waals surface area contributed by atoms with Crippen LogP contribution in [-0.2, 0) is 6.54 Å². The third-order valence-electron chi connectivity index (χ3n) is 2.97. The van der Waals surface area contributed by atoms with E-state index in [2.05, 4.69) is 30.2 Å². The summed E-state index contributed by atoms with van der Waals surface area (Å²) in [6.45, 7) is 5.60. The number of aromatic amines is 1. The molecule has 86 valence electrons. The molecule has 1 aromatic carbocycles. The van der Waals surface area contributed by atoms with E-state index in [0.29, 0.717) is 6.54 Å². The summed E-state index contributed by atoms with van der Waals surface area (Å²) in [4.78, 5) is 14.6. The normalized spacial score (nSPS) is 11.2. The summed E-state index contributed by atoms with van der Waals surface area (Å²) < 4.78 is 1.78. The van der Waals surface area contributed by atoms with Gasteiger partial charge in [0.25, 0.3) is 0 Å². The summed E-state index contributed by atoms with van der Waals surface area (Å²) in [6, 6.07) is 4.10. The SMILES string of the molecule is CNCCn1c(=O)[nH]c2cc(C)c(C)cc21. The monoisotopic (exact) mass is 219 g/mol. The van der Waals surface area contributed by atoms with E-state index in [1.807, 2.05) is 13.1 Å². The Labute approximate surface area is 94.3 Å². The number of hydrogen-bond acceptors (Lipinski definition) is 2. The minimum Gasteiger partial charge on any atom is -0.318 e. The van der Waals surface area contributed by atoms with Crippen LogP contribution in [0.25, 0.3) is 11.0 Å². The summed E-state index contributed by atoms with van der Waals surface area (Å²) in [7, 11) is 1.88. The highest BCUT2D eigenvalue weighted by atomic mass is 16.1. The van der Waals surface area contributed by atoms with Crippen molar-refractivity contribution >= 4 is 11.0 Å². The van der Waals surface area contributed by atoms with Crippen molar-refractivity contribution in [2.45, 2.75) is 20.4 Å². The molecule has 1 heterocycles. The van der Waals surface area contributed by atoms with Crippen molar-refractivity contribution < 1.29 is 0 Å². The van der Waals surface area contributed by atoms with Crippen LogP contribution in [0, 0.1) is 13.8 Å². The Morgan fingerprint density at radius 3 is 2.69 bits per heavy atom. The molecule has 2 aromatic rings. The summed E-state index contributed by atoms with van der Waals surface area (Å²) in [5.41, 5.74) is 4.29. The third kappa shape index (κ3) is 1.76. The average molecular weight is 219 g/mol. The maximum atomic E-state index is 11.7. The molecule has 0 amide bonds. The van der Waals surface area contributed by atoms with Gasteiger partial charge < -0.3 is 10.3 Å². The molecule has 0 aliphatic heterocycles. The zero-order chi connectivity index (χ0) is 11.7. The minimum absolute atomic E-state index is 0.0322. The second-order valence-corrected chi connectivity index (χ2v) is 4.14. The van der Waals surface area contributed by atoms with Gasteiger partial charge >= 0.3 is 5.69 Å². The van der Waals surface area contributed by atoms with Gasteiger partial charge in [-0.15, -0.1) is 0 Å². The fraction of sp³-hybridized carbons (Fsp3) is 0.417. The molecule has 16 heavy (non-hydrogen) atoms. The largest absolute Gasteiger partial charge is 0.326 e. The molecule has 0 spiro atoms. The number of benzene rings is 1. The second-order valence-electron chi connectivity index (χ2n) is 4.14. The number of H-pyrrole nitrogens is 1. The summed E-state index contributed by atoms with van der Waals surface area (Å²) >= 11 is 0. The highest BCUT2D eigenvalue weighted by Crippen LogP contribution is 2.16. The lowest BCUT2D eigenvalue weighted by Gasteiger charge is -2.04. The Morgan fingerprint density at radius 2 is 2.00 bits per heavy atom. The maximum Gasteiger partial charge on any atom is 0.326 e. The van der Waals surface area contributed by atoms with Crippen LogP contribution in [0.5, 0.6) is 0 Å². The molecule has 0 aliphatic carbocycles. The Morgan fingerprint density at radius 1 is 1.31 bits per heavy atom. The summed E-state index contributed by atoms with van der Waals surface area (Å²) in [6.07, 6.45) is 0. The van der Waals surface area contributed by atoms with Crippen LogP contribution in [0.15, 0.2) is 16.9 Å². The van der Waals surface area contributed by atoms with E-state index in [0.717, 1.165) is 17.6 Å². The van der Waals surface area contributed by atoms with Crippen LogP contribution in [0.4, 0.5) is 0 Å². The molecule has 2 N–H and O–H groups in total. The van der Waals surface area contributed by atoms with Gasteiger partial charge in [0.2, 0.25) is 0 Å². The van der Waals surface area contributed by atoms with Gasteiger partial charge in [0, 0.05) is 13.1 Å². The van der Waals surface area contributed by atoms with Gasteiger partial charge in [-0.25, -0.2) is 4.79 Å². The van der Waals surface area contributed by atoms with Crippen LogP contribution in [0.2, 0.25) is 0 Å². The first-order valence-corrected chi connectivity index (χ1v) is 5.48. The first-order chi connectivity index (χ1) is 7.63. The van der Waals surface area contributed by atoms with Crippen molar-refractivity contribution in [2.24, 2.45) is 0 Å². The van der Waals surface area contributed by atoms with E-state index in [9.17, 15) is 4.79 Å². The lowest BCUT2D eigenvalue weighted by molar-refractivity contribution is 0.642. The summed E-state index contributed by atoms with van der Waals surface area (Å²) in [5.74, 6) is 0. The van der Waals surface area contributed by atoms with E-state index in [1.54, 1.807) is 4.57 Å². The molecule has 4 heteroatoms. The predicted molar refractivity (Wildman–Crippen MR) is 66.0 cm³/mol. The Balaban J connectivity index is 2.60. The molecule has 0 aliphatic rings. The van der Waals surface area contributed by atoms with Gasteiger partial charge in [0.05, 0.1) is 11.0 Å². The first kappa shape index (κ1) is 11.0. The zero-order valence-electron chi connectivity index (χ0n) is 9.92. The average Bonchev–Trinajstić information content (AvgIpc) is 2.52. The molecule has 0 saturated carbocycles. The fourth-order valence-electron chi connectivity index (χ4n) is 1.86. The molecular formula is C12H17N3O. The Hall–Kier alpha value is -1.55. The molecule has 4 nitrogen and oxygen atoms in total. The van der Waals surface area contributed by atoms with Crippen molar-refractivity contribution in [2.75, 3.05) is 13.6 Å². The van der Waals surface area contributed by atoms with E-state index in [1.165, 1.54) is 11.1 Å². The molecule has 0 fully saturated rings. The molecule has 0 saturated heterocycles. The molecule has 0 radical (unpaired) electrons. The van der Waals surface area contributed by atoms with E-state index >= 15 is 0 Å². The Bertz CT molecular complexity index is 565. The standard InChI is InChI=1S/C12H17N3O/c1-8-6-10-11(7-9(8)2)15(5-4-13-3)12(16)14-10/h6-7,13H,4-5H2,1-3H3,(H,14,16). The number of hydrogen-bond donors (Lipinski definition) is 2. The van der Waals surface area contributed by atoms with Gasteiger partial charge in [-0.2, -0.15) is 0 Å². The quantitative estimate of drug-likeness (QED) is 0.814. The van der Waals surface area contributed by atoms with E-state index in [-0.39, 0.29) is 5.69 Å². The van der Waals surface area contributed by atoms with Crippen molar-refractivity contribution in [1.29, 1.82) is 0 Å². The molecule has 1 aromatic heterocycles. The van der Waals surface area contributed by atoms with Gasteiger partial charge in [-0.3, -0.25) is 4.57 Å². The fourth-order valence-corrected chi connectivity index (χ4v) is 1.86.